The summed E-state index contributed by atoms with van der Waals surface area (Å²) in [6, 6.07) is 12.9. The highest BCUT2D eigenvalue weighted by molar-refractivity contribution is 6.30. The zero-order valence-electron chi connectivity index (χ0n) is 16.5. The molecule has 0 aromatic heterocycles. The minimum Gasteiger partial charge on any atom is -0.491 e. The lowest BCUT2D eigenvalue weighted by Gasteiger charge is -2.21. The SMILES string of the molecule is Cc1cc(CC(N)=O)cc(OCC(O)CN2CCC(Oc3ccc(Cl)cc3)C2)c1. The number of carbonyl (C=O) groups excluding carboxylic acids is 1. The Morgan fingerprint density at radius 1 is 1.28 bits per heavy atom. The molecule has 0 saturated carbocycles. The molecule has 0 bridgehead atoms. The third-order valence-electron chi connectivity index (χ3n) is 4.75. The van der Waals surface area contributed by atoms with Crippen molar-refractivity contribution in [2.75, 3.05) is 26.2 Å². The number of likely N-dealkylation sites (tertiary alicyclic amines) is 1. The van der Waals surface area contributed by atoms with E-state index in [0.29, 0.717) is 17.3 Å². The number of amides is 1. The molecule has 6 nitrogen and oxygen atoms in total. The number of nitrogens with two attached hydrogens (primary N) is 1. The molecule has 7 heteroatoms. The first kappa shape index (κ1) is 21.4. The standard InChI is InChI=1S/C22H27ClN2O4/c1-15-8-16(11-22(24)27)10-21(9-15)28-14-18(26)12-25-7-6-20(13-25)29-19-4-2-17(23)3-5-19/h2-5,8-10,18,20,26H,6-7,11-14H2,1H3,(H2,24,27). The van der Waals surface area contributed by atoms with Crippen LogP contribution >= 0.6 is 11.6 Å². The van der Waals surface area contributed by atoms with Gasteiger partial charge in [0.1, 0.15) is 30.3 Å². The van der Waals surface area contributed by atoms with E-state index in [9.17, 15) is 9.90 Å². The van der Waals surface area contributed by atoms with Gasteiger partial charge in [0.15, 0.2) is 0 Å². The lowest BCUT2D eigenvalue weighted by molar-refractivity contribution is -0.117. The Hall–Kier alpha value is -2.28. The van der Waals surface area contributed by atoms with Gasteiger partial charge in [0.05, 0.1) is 6.42 Å². The van der Waals surface area contributed by atoms with E-state index in [1.807, 2.05) is 43.3 Å². The maximum absolute atomic E-state index is 11.1. The van der Waals surface area contributed by atoms with Crippen molar-refractivity contribution in [2.45, 2.75) is 32.0 Å². The fourth-order valence-electron chi connectivity index (χ4n) is 3.52. The largest absolute Gasteiger partial charge is 0.491 e. The number of rotatable bonds is 9. The predicted octanol–water partition coefficient (Wildman–Crippen LogP) is 2.57. The molecule has 1 fully saturated rings. The van der Waals surface area contributed by atoms with Crippen LogP contribution in [0.4, 0.5) is 0 Å². The zero-order chi connectivity index (χ0) is 20.8. The molecule has 3 N–H and O–H groups in total. The predicted molar refractivity (Wildman–Crippen MR) is 113 cm³/mol. The fourth-order valence-corrected chi connectivity index (χ4v) is 3.65. The first-order valence-electron chi connectivity index (χ1n) is 9.71. The number of ether oxygens (including phenoxy) is 2. The number of aliphatic hydroxyl groups is 1. The number of hydrogen-bond acceptors (Lipinski definition) is 5. The van der Waals surface area contributed by atoms with Crippen LogP contribution in [-0.4, -0.2) is 54.4 Å². The third-order valence-corrected chi connectivity index (χ3v) is 5.00. The summed E-state index contributed by atoms with van der Waals surface area (Å²) in [6.07, 6.45) is 0.551. The molecule has 3 rings (SSSR count). The molecule has 0 radical (unpaired) electrons. The number of nitrogens with zero attached hydrogens (tertiary/aromatic N) is 1. The van der Waals surface area contributed by atoms with E-state index in [4.69, 9.17) is 26.8 Å². The maximum atomic E-state index is 11.1. The van der Waals surface area contributed by atoms with Gasteiger partial charge >= 0.3 is 0 Å². The molecule has 1 aliphatic heterocycles. The molecule has 0 spiro atoms. The van der Waals surface area contributed by atoms with Crippen molar-refractivity contribution in [3.8, 4) is 11.5 Å². The number of aliphatic hydroxyl groups excluding tert-OH is 1. The quantitative estimate of drug-likeness (QED) is 0.653. The Bertz CT molecular complexity index is 828. The van der Waals surface area contributed by atoms with Crippen molar-refractivity contribution in [1.29, 1.82) is 0 Å². The van der Waals surface area contributed by atoms with Crippen LogP contribution in [0.1, 0.15) is 17.5 Å². The normalized spacial score (nSPS) is 17.8. The summed E-state index contributed by atoms with van der Waals surface area (Å²) >= 11 is 5.90. The van der Waals surface area contributed by atoms with Gasteiger partial charge in [-0.2, -0.15) is 0 Å². The smallest absolute Gasteiger partial charge is 0.221 e. The molecular formula is C22H27ClN2O4. The molecule has 0 aliphatic carbocycles. The highest BCUT2D eigenvalue weighted by atomic mass is 35.5. The second kappa shape index (κ2) is 9.96. The van der Waals surface area contributed by atoms with Crippen molar-refractivity contribution < 1.29 is 19.4 Å². The topological polar surface area (TPSA) is 85.0 Å². The van der Waals surface area contributed by atoms with Crippen LogP contribution in [0.25, 0.3) is 0 Å². The summed E-state index contributed by atoms with van der Waals surface area (Å²) in [5, 5.41) is 11.0. The van der Waals surface area contributed by atoms with Crippen LogP contribution in [0, 0.1) is 6.92 Å². The van der Waals surface area contributed by atoms with Crippen molar-refractivity contribution in [3.63, 3.8) is 0 Å². The van der Waals surface area contributed by atoms with Crippen LogP contribution in [0.5, 0.6) is 11.5 Å². The van der Waals surface area contributed by atoms with Gasteiger partial charge in [-0.3, -0.25) is 9.69 Å². The third kappa shape index (κ3) is 6.92. The van der Waals surface area contributed by atoms with Gasteiger partial charge in [-0.05, 0) is 60.9 Å². The number of benzene rings is 2. The summed E-state index contributed by atoms with van der Waals surface area (Å²) in [7, 11) is 0. The molecule has 1 saturated heterocycles. The van der Waals surface area contributed by atoms with E-state index in [0.717, 1.165) is 36.4 Å². The molecule has 1 amide bonds. The second-order valence-corrected chi connectivity index (χ2v) is 7.94. The number of β-amino-alcohol motifs (C(OH)–C–C–N with tert-alkyl or cyclic N) is 1. The lowest BCUT2D eigenvalue weighted by Crippen LogP contribution is -2.35. The minimum atomic E-state index is -0.621. The van der Waals surface area contributed by atoms with Crippen molar-refractivity contribution in [3.05, 3.63) is 58.6 Å². The van der Waals surface area contributed by atoms with E-state index < -0.39 is 6.10 Å². The molecule has 29 heavy (non-hydrogen) atoms. The molecule has 2 unspecified atom stereocenters. The maximum Gasteiger partial charge on any atom is 0.221 e. The summed E-state index contributed by atoms with van der Waals surface area (Å²) in [5.74, 6) is 1.05. The van der Waals surface area contributed by atoms with Gasteiger partial charge in [0.25, 0.3) is 0 Å². The second-order valence-electron chi connectivity index (χ2n) is 7.50. The average molecular weight is 419 g/mol. The van der Waals surface area contributed by atoms with Crippen LogP contribution in [0.15, 0.2) is 42.5 Å². The number of halogens is 1. The Labute approximate surface area is 176 Å². The van der Waals surface area contributed by atoms with Crippen molar-refractivity contribution in [1.82, 2.24) is 4.90 Å². The molecule has 2 aromatic carbocycles. The van der Waals surface area contributed by atoms with E-state index in [1.54, 1.807) is 6.07 Å². The highest BCUT2D eigenvalue weighted by Gasteiger charge is 2.25. The van der Waals surface area contributed by atoms with Crippen LogP contribution in [0.3, 0.4) is 0 Å². The van der Waals surface area contributed by atoms with E-state index >= 15 is 0 Å². The Morgan fingerprint density at radius 2 is 2.03 bits per heavy atom. The Kier molecular flexibility index (Phi) is 7.36. The van der Waals surface area contributed by atoms with Crippen LogP contribution < -0.4 is 15.2 Å². The molecule has 2 aromatic rings. The Morgan fingerprint density at radius 3 is 2.76 bits per heavy atom. The number of aryl methyl sites for hydroxylation is 1. The van der Waals surface area contributed by atoms with Gasteiger partial charge < -0.3 is 20.3 Å². The molecule has 1 aliphatic rings. The first-order valence-corrected chi connectivity index (χ1v) is 10.1. The summed E-state index contributed by atoms with van der Waals surface area (Å²) in [5.41, 5.74) is 7.05. The molecule has 2 atom stereocenters. The van der Waals surface area contributed by atoms with Crippen LogP contribution in [-0.2, 0) is 11.2 Å². The van der Waals surface area contributed by atoms with Gasteiger partial charge in [-0.25, -0.2) is 0 Å². The fraction of sp³-hybridized carbons (Fsp3) is 0.409. The van der Waals surface area contributed by atoms with Gasteiger partial charge in [-0.1, -0.05) is 17.7 Å². The van der Waals surface area contributed by atoms with E-state index in [-0.39, 0.29) is 25.0 Å². The zero-order valence-corrected chi connectivity index (χ0v) is 17.3. The molecule has 1 heterocycles. The minimum absolute atomic E-state index is 0.0948. The van der Waals surface area contributed by atoms with E-state index in [2.05, 4.69) is 4.90 Å². The van der Waals surface area contributed by atoms with E-state index in [1.165, 1.54) is 0 Å². The molecular weight excluding hydrogens is 392 g/mol. The Balaban J connectivity index is 1.44. The lowest BCUT2D eigenvalue weighted by atomic mass is 10.1. The number of primary amides is 1. The summed E-state index contributed by atoms with van der Waals surface area (Å²) < 4.78 is 11.7. The highest BCUT2D eigenvalue weighted by Crippen LogP contribution is 2.21. The monoisotopic (exact) mass is 418 g/mol. The van der Waals surface area contributed by atoms with Crippen LogP contribution in [0.2, 0.25) is 5.02 Å². The summed E-state index contributed by atoms with van der Waals surface area (Å²) in [6.45, 7) is 4.24. The summed E-state index contributed by atoms with van der Waals surface area (Å²) in [4.78, 5) is 13.3. The van der Waals surface area contributed by atoms with Gasteiger partial charge in [0.2, 0.25) is 5.91 Å². The number of carbonyl (C=O) groups is 1. The van der Waals surface area contributed by atoms with Gasteiger partial charge in [-0.15, -0.1) is 0 Å². The molecule has 156 valence electrons. The number of hydrogen-bond donors (Lipinski definition) is 2. The first-order chi connectivity index (χ1) is 13.9. The van der Waals surface area contributed by atoms with Gasteiger partial charge in [0, 0.05) is 24.7 Å². The van der Waals surface area contributed by atoms with Crippen molar-refractivity contribution >= 4 is 17.5 Å². The van der Waals surface area contributed by atoms with Crippen molar-refractivity contribution in [2.24, 2.45) is 5.73 Å². The average Bonchev–Trinajstić information content (AvgIpc) is 3.08.